The number of anilines is 1. The summed E-state index contributed by atoms with van der Waals surface area (Å²) in [5.74, 6) is 2.06. The average molecular weight is 504 g/mol. The fraction of sp³-hybridized carbons (Fsp3) is 0.586. The molecule has 1 aliphatic carbocycles. The minimum absolute atomic E-state index is 0.0935. The van der Waals surface area contributed by atoms with Crippen LogP contribution in [0.1, 0.15) is 57.4 Å². The number of benzene rings is 1. The summed E-state index contributed by atoms with van der Waals surface area (Å²) in [5.41, 5.74) is 9.35. The van der Waals surface area contributed by atoms with Crippen LogP contribution >= 0.6 is 0 Å². The molecule has 1 aromatic carbocycles. The quantitative estimate of drug-likeness (QED) is 0.499. The summed E-state index contributed by atoms with van der Waals surface area (Å²) in [7, 11) is 0. The van der Waals surface area contributed by atoms with Gasteiger partial charge in [0.2, 0.25) is 0 Å². The predicted molar refractivity (Wildman–Crippen MR) is 142 cm³/mol. The third kappa shape index (κ3) is 4.39. The van der Waals surface area contributed by atoms with E-state index in [0.29, 0.717) is 30.5 Å². The van der Waals surface area contributed by atoms with Crippen molar-refractivity contribution in [1.29, 1.82) is 0 Å². The number of aromatic nitrogens is 3. The summed E-state index contributed by atoms with van der Waals surface area (Å²) < 4.78 is 14.8. The average Bonchev–Trinajstić information content (AvgIpc) is 3.60. The van der Waals surface area contributed by atoms with Gasteiger partial charge in [0, 0.05) is 37.4 Å². The molecule has 0 unspecified atom stereocenters. The van der Waals surface area contributed by atoms with Crippen LogP contribution < -0.4 is 10.5 Å². The van der Waals surface area contributed by atoms with E-state index >= 15 is 0 Å². The summed E-state index contributed by atoms with van der Waals surface area (Å²) in [4.78, 5) is 11.5. The van der Waals surface area contributed by atoms with Crippen molar-refractivity contribution in [2.75, 3.05) is 32.0 Å². The lowest BCUT2D eigenvalue weighted by atomic mass is 9.79. The van der Waals surface area contributed by atoms with Gasteiger partial charge in [-0.25, -0.2) is 9.97 Å². The number of aliphatic hydroxyl groups is 1. The van der Waals surface area contributed by atoms with E-state index in [1.165, 1.54) is 0 Å². The molecule has 5 heterocycles. The lowest BCUT2D eigenvalue weighted by molar-refractivity contribution is -0.0198. The number of likely N-dealkylation sites (tertiary alicyclic amines) is 1. The Hall–Kier alpha value is -2.68. The summed E-state index contributed by atoms with van der Waals surface area (Å²) in [6.45, 7) is 3.75. The van der Waals surface area contributed by atoms with Gasteiger partial charge in [0.05, 0.1) is 17.6 Å². The number of ether oxygens (including phenoxy) is 2. The first kappa shape index (κ1) is 23.4. The van der Waals surface area contributed by atoms with Crippen molar-refractivity contribution in [3.63, 3.8) is 0 Å². The number of fused-ring (bicyclic) bond motifs is 3. The Morgan fingerprint density at radius 3 is 2.68 bits per heavy atom. The summed E-state index contributed by atoms with van der Waals surface area (Å²) in [6.07, 6.45) is 12.7. The van der Waals surface area contributed by atoms with E-state index in [1.54, 1.807) is 6.33 Å². The molecule has 0 amide bonds. The van der Waals surface area contributed by atoms with Crippen LogP contribution in [0.3, 0.4) is 0 Å². The summed E-state index contributed by atoms with van der Waals surface area (Å²) >= 11 is 0. The number of nitrogens with two attached hydrogens (primary N) is 1. The minimum Gasteiger partial charge on any atom is -0.491 e. The molecule has 8 heteroatoms. The highest BCUT2D eigenvalue weighted by molar-refractivity contribution is 6.00. The molecular formula is C29H37N5O3. The number of piperidine rings is 1. The van der Waals surface area contributed by atoms with E-state index in [0.717, 1.165) is 98.9 Å². The third-order valence-corrected chi connectivity index (χ3v) is 9.22. The molecule has 2 bridgehead atoms. The molecule has 0 atom stereocenters. The lowest BCUT2D eigenvalue weighted by Gasteiger charge is -2.41. The minimum atomic E-state index is -0.116. The maximum Gasteiger partial charge on any atom is 0.146 e. The zero-order chi connectivity index (χ0) is 25.0. The Bertz CT molecular complexity index is 1270. The van der Waals surface area contributed by atoms with Gasteiger partial charge in [-0.3, -0.25) is 0 Å². The molecule has 7 rings (SSSR count). The molecule has 3 saturated heterocycles. The standard InChI is InChI=1S/C29H37N5O3/c30-27-26-25(20-2-1-3-24(14-20)36-17-29-8-4-23(37-29)5-9-29)16-34(28(26)32-18-31-27)21-12-19(13-21)15-33-10-6-22(35)7-11-33/h1-3,14,16,18-19,21-23,35H,4-13,15,17H2,(H2,30,31,32)/t19-,21+,23?,29?. The predicted octanol–water partition coefficient (Wildman–Crippen LogP) is 4.18. The Labute approximate surface area is 217 Å². The van der Waals surface area contributed by atoms with Crippen LogP contribution in [0, 0.1) is 5.92 Å². The maximum absolute atomic E-state index is 9.80. The normalized spacial score (nSPS) is 30.1. The van der Waals surface area contributed by atoms with E-state index in [-0.39, 0.29) is 11.7 Å². The van der Waals surface area contributed by atoms with Gasteiger partial charge in [-0.1, -0.05) is 12.1 Å². The van der Waals surface area contributed by atoms with Crippen molar-refractivity contribution in [1.82, 2.24) is 19.4 Å². The van der Waals surface area contributed by atoms with Gasteiger partial charge < -0.3 is 29.8 Å². The van der Waals surface area contributed by atoms with Crippen molar-refractivity contribution >= 4 is 16.9 Å². The first-order valence-corrected chi connectivity index (χ1v) is 14.0. The Morgan fingerprint density at radius 2 is 1.92 bits per heavy atom. The zero-order valence-electron chi connectivity index (χ0n) is 21.4. The van der Waals surface area contributed by atoms with E-state index in [4.69, 9.17) is 15.2 Å². The van der Waals surface area contributed by atoms with Crippen molar-refractivity contribution in [3.8, 4) is 16.9 Å². The van der Waals surface area contributed by atoms with E-state index in [1.807, 2.05) is 12.1 Å². The molecule has 3 aliphatic heterocycles. The molecular weight excluding hydrogens is 466 g/mol. The number of hydrogen-bond donors (Lipinski definition) is 2. The highest BCUT2D eigenvalue weighted by atomic mass is 16.6. The van der Waals surface area contributed by atoms with Crippen LogP contribution in [-0.2, 0) is 4.74 Å². The summed E-state index contributed by atoms with van der Waals surface area (Å²) in [5, 5.41) is 10.7. The molecule has 196 valence electrons. The molecule has 4 fully saturated rings. The van der Waals surface area contributed by atoms with Crippen LogP contribution in [-0.4, -0.2) is 68.6 Å². The van der Waals surface area contributed by atoms with E-state index in [9.17, 15) is 5.11 Å². The number of aliphatic hydroxyl groups excluding tert-OH is 1. The van der Waals surface area contributed by atoms with Gasteiger partial charge in [-0.05, 0) is 75.0 Å². The monoisotopic (exact) mass is 503 g/mol. The van der Waals surface area contributed by atoms with Crippen LogP contribution in [0.5, 0.6) is 5.75 Å². The van der Waals surface area contributed by atoms with E-state index in [2.05, 4.69) is 37.8 Å². The molecule has 8 nitrogen and oxygen atoms in total. The van der Waals surface area contributed by atoms with Crippen molar-refractivity contribution in [2.45, 2.75) is 75.2 Å². The third-order valence-electron chi connectivity index (χ3n) is 9.22. The topological polar surface area (TPSA) is 98.7 Å². The fourth-order valence-corrected chi connectivity index (χ4v) is 7.00. The van der Waals surface area contributed by atoms with Gasteiger partial charge in [-0.15, -0.1) is 0 Å². The molecule has 4 aliphatic rings. The molecule has 1 saturated carbocycles. The second kappa shape index (κ2) is 9.26. The smallest absolute Gasteiger partial charge is 0.146 e. The fourth-order valence-electron chi connectivity index (χ4n) is 7.00. The van der Waals surface area contributed by atoms with Crippen molar-refractivity contribution in [2.24, 2.45) is 5.92 Å². The molecule has 3 aromatic rings. The zero-order valence-corrected chi connectivity index (χ0v) is 21.4. The number of hydrogen-bond acceptors (Lipinski definition) is 7. The Kier molecular flexibility index (Phi) is 5.86. The Balaban J connectivity index is 1.10. The highest BCUT2D eigenvalue weighted by Crippen LogP contribution is 2.45. The van der Waals surface area contributed by atoms with Gasteiger partial charge in [0.1, 0.15) is 35.7 Å². The second-order valence-corrected chi connectivity index (χ2v) is 11.7. The number of rotatable bonds is 7. The maximum atomic E-state index is 9.80. The van der Waals surface area contributed by atoms with Crippen molar-refractivity contribution in [3.05, 3.63) is 36.8 Å². The van der Waals surface area contributed by atoms with Gasteiger partial charge in [-0.2, -0.15) is 0 Å². The largest absolute Gasteiger partial charge is 0.491 e. The van der Waals surface area contributed by atoms with Crippen LogP contribution in [0.15, 0.2) is 36.8 Å². The molecule has 2 aromatic heterocycles. The van der Waals surface area contributed by atoms with Gasteiger partial charge in [0.25, 0.3) is 0 Å². The highest BCUT2D eigenvalue weighted by Gasteiger charge is 2.46. The molecule has 0 spiro atoms. The first-order valence-electron chi connectivity index (χ1n) is 14.0. The molecule has 3 N–H and O–H groups in total. The van der Waals surface area contributed by atoms with E-state index < -0.39 is 0 Å². The van der Waals surface area contributed by atoms with Crippen LogP contribution in [0.25, 0.3) is 22.2 Å². The summed E-state index contributed by atoms with van der Waals surface area (Å²) in [6, 6.07) is 8.71. The first-order chi connectivity index (χ1) is 18.1. The van der Waals surface area contributed by atoms with Crippen molar-refractivity contribution < 1.29 is 14.6 Å². The van der Waals surface area contributed by atoms with Crippen LogP contribution in [0.2, 0.25) is 0 Å². The van der Waals surface area contributed by atoms with Gasteiger partial charge in [0.15, 0.2) is 0 Å². The number of nitrogens with zero attached hydrogens (tertiary/aromatic N) is 4. The van der Waals surface area contributed by atoms with Crippen LogP contribution in [0.4, 0.5) is 5.82 Å². The lowest BCUT2D eigenvalue weighted by Crippen LogP contribution is -2.42. The number of nitrogen functional groups attached to an aromatic ring is 1. The molecule has 0 radical (unpaired) electrons. The second-order valence-electron chi connectivity index (χ2n) is 11.7. The SMILES string of the molecule is Nc1ncnc2c1c(-c1cccc(OCC34CCC(CC3)O4)c1)cn2[C@H]1C[C@@H](CN2CCC(O)CC2)C1. The van der Waals surface area contributed by atoms with Gasteiger partial charge >= 0.3 is 0 Å². The molecule has 37 heavy (non-hydrogen) atoms. The Morgan fingerprint density at radius 1 is 1.11 bits per heavy atom.